The molecule has 0 aromatic heterocycles. The molecular formula is C23H27N3O4. The van der Waals surface area contributed by atoms with Crippen molar-refractivity contribution in [3.8, 4) is 5.75 Å². The van der Waals surface area contributed by atoms with Gasteiger partial charge in [-0.1, -0.05) is 43.3 Å². The van der Waals surface area contributed by atoms with Gasteiger partial charge < -0.3 is 14.4 Å². The van der Waals surface area contributed by atoms with Crippen LogP contribution in [-0.4, -0.2) is 36.5 Å². The third-order valence-electron chi connectivity index (χ3n) is 6.13. The fraction of sp³-hybridized carbons (Fsp3) is 0.391. The molecule has 0 aliphatic carbocycles. The maximum atomic E-state index is 13.8. The summed E-state index contributed by atoms with van der Waals surface area (Å²) in [5, 5.41) is 0. The van der Waals surface area contributed by atoms with E-state index in [4.69, 9.17) is 15.3 Å². The first-order valence-electron chi connectivity index (χ1n) is 10.2. The minimum Gasteiger partial charge on any atom is -0.491 e. The molecule has 2 aliphatic rings. The summed E-state index contributed by atoms with van der Waals surface area (Å²) in [5.74, 6) is 5.60. The van der Waals surface area contributed by atoms with E-state index in [2.05, 4.69) is 5.43 Å². The fourth-order valence-corrected chi connectivity index (χ4v) is 4.14. The molecule has 30 heavy (non-hydrogen) atoms. The van der Waals surface area contributed by atoms with E-state index in [1.54, 1.807) is 12.1 Å². The van der Waals surface area contributed by atoms with Crippen LogP contribution in [-0.2, 0) is 16.1 Å². The van der Waals surface area contributed by atoms with Crippen molar-refractivity contribution in [3.05, 3.63) is 65.2 Å². The molecule has 2 amide bonds. The highest BCUT2D eigenvalue weighted by molar-refractivity contribution is 5.94. The number of nitrogens with two attached hydrogens (primary N) is 1. The predicted octanol–water partition coefficient (Wildman–Crippen LogP) is 2.57. The molecule has 0 bridgehead atoms. The van der Waals surface area contributed by atoms with E-state index in [-0.39, 0.29) is 17.9 Å². The number of nitrogens with zero attached hydrogens (tertiary/aromatic N) is 1. The van der Waals surface area contributed by atoms with Crippen LogP contribution in [0.2, 0.25) is 0 Å². The van der Waals surface area contributed by atoms with Crippen molar-refractivity contribution in [1.82, 2.24) is 10.3 Å². The first-order valence-corrected chi connectivity index (χ1v) is 10.2. The Labute approximate surface area is 176 Å². The van der Waals surface area contributed by atoms with Crippen molar-refractivity contribution >= 4 is 11.8 Å². The van der Waals surface area contributed by atoms with Crippen molar-refractivity contribution in [3.63, 3.8) is 0 Å². The standard InChI is InChI=1S/C23H27N3O4/c1-23(9-11-29-12-10-23)22(28)26-14-18-8-7-17(21(27)25-24)13-20(18)30-15-19(26)16-5-3-2-4-6-16/h2-8,13,19H,9-12,14-15,24H2,1H3,(H,25,27). The lowest BCUT2D eigenvalue weighted by Gasteiger charge is -2.39. The molecular weight excluding hydrogens is 382 g/mol. The second-order valence-corrected chi connectivity index (χ2v) is 8.14. The second-order valence-electron chi connectivity index (χ2n) is 8.14. The zero-order valence-corrected chi connectivity index (χ0v) is 17.1. The van der Waals surface area contributed by atoms with E-state index in [0.717, 1.165) is 11.1 Å². The molecule has 0 radical (unpaired) electrons. The number of rotatable bonds is 3. The van der Waals surface area contributed by atoms with Crippen LogP contribution in [0.3, 0.4) is 0 Å². The molecule has 0 saturated carbocycles. The van der Waals surface area contributed by atoms with Crippen molar-refractivity contribution in [2.75, 3.05) is 19.8 Å². The van der Waals surface area contributed by atoms with E-state index in [9.17, 15) is 9.59 Å². The first-order chi connectivity index (χ1) is 14.5. The average molecular weight is 409 g/mol. The summed E-state index contributed by atoms with van der Waals surface area (Å²) in [6.07, 6.45) is 1.40. The van der Waals surface area contributed by atoms with E-state index in [1.165, 1.54) is 0 Å². The number of hydrazine groups is 1. The third kappa shape index (κ3) is 3.91. The van der Waals surface area contributed by atoms with Gasteiger partial charge in [0.25, 0.3) is 5.91 Å². The van der Waals surface area contributed by atoms with Gasteiger partial charge in [0.2, 0.25) is 5.91 Å². The number of hydrogen-bond donors (Lipinski definition) is 2. The normalized spacial score (nSPS) is 20.5. The highest BCUT2D eigenvalue weighted by Gasteiger charge is 2.42. The molecule has 7 heteroatoms. The Hall–Kier alpha value is -2.90. The Morgan fingerprint density at radius 3 is 2.57 bits per heavy atom. The number of carbonyl (C=O) groups is 2. The molecule has 158 valence electrons. The number of fused-ring (bicyclic) bond motifs is 1. The highest BCUT2D eigenvalue weighted by atomic mass is 16.5. The maximum Gasteiger partial charge on any atom is 0.265 e. The summed E-state index contributed by atoms with van der Waals surface area (Å²) in [6, 6.07) is 14.9. The Balaban J connectivity index is 1.71. The molecule has 2 aromatic rings. The summed E-state index contributed by atoms with van der Waals surface area (Å²) in [7, 11) is 0. The Morgan fingerprint density at radius 2 is 1.87 bits per heavy atom. The van der Waals surface area contributed by atoms with Gasteiger partial charge in [-0.2, -0.15) is 0 Å². The summed E-state index contributed by atoms with van der Waals surface area (Å²) in [4.78, 5) is 27.6. The first kappa shape index (κ1) is 20.4. The molecule has 1 unspecified atom stereocenters. The Kier molecular flexibility index (Phi) is 5.74. The van der Waals surface area contributed by atoms with Crippen LogP contribution in [0.25, 0.3) is 0 Å². The van der Waals surface area contributed by atoms with E-state index >= 15 is 0 Å². The topological polar surface area (TPSA) is 93.9 Å². The molecule has 2 aromatic carbocycles. The predicted molar refractivity (Wildman–Crippen MR) is 111 cm³/mol. The van der Waals surface area contributed by atoms with Gasteiger partial charge in [0.1, 0.15) is 12.4 Å². The van der Waals surface area contributed by atoms with Gasteiger partial charge in [-0.3, -0.25) is 15.0 Å². The van der Waals surface area contributed by atoms with Crippen LogP contribution in [0.5, 0.6) is 5.75 Å². The third-order valence-corrected chi connectivity index (χ3v) is 6.13. The van der Waals surface area contributed by atoms with Crippen LogP contribution in [0.4, 0.5) is 0 Å². The molecule has 1 saturated heterocycles. The molecule has 2 aliphatic heterocycles. The van der Waals surface area contributed by atoms with Crippen molar-refractivity contribution < 1.29 is 19.1 Å². The number of ether oxygens (including phenoxy) is 2. The van der Waals surface area contributed by atoms with Gasteiger partial charge >= 0.3 is 0 Å². The van der Waals surface area contributed by atoms with E-state index < -0.39 is 5.41 Å². The van der Waals surface area contributed by atoms with Crippen molar-refractivity contribution in [2.45, 2.75) is 32.4 Å². The number of amides is 2. The number of hydrogen-bond acceptors (Lipinski definition) is 5. The fourth-order valence-electron chi connectivity index (χ4n) is 4.14. The van der Waals surface area contributed by atoms with Crippen LogP contribution < -0.4 is 16.0 Å². The van der Waals surface area contributed by atoms with E-state index in [1.807, 2.05) is 48.2 Å². The zero-order chi connectivity index (χ0) is 21.1. The quantitative estimate of drug-likeness (QED) is 0.462. The van der Waals surface area contributed by atoms with Crippen LogP contribution in [0.15, 0.2) is 48.5 Å². The summed E-state index contributed by atoms with van der Waals surface area (Å²) in [5.41, 5.74) is 3.99. The minimum absolute atomic E-state index is 0.111. The average Bonchev–Trinajstić information content (AvgIpc) is 2.98. The summed E-state index contributed by atoms with van der Waals surface area (Å²) in [6.45, 7) is 3.94. The summed E-state index contributed by atoms with van der Waals surface area (Å²) >= 11 is 0. The molecule has 1 atom stereocenters. The van der Waals surface area contributed by atoms with Crippen molar-refractivity contribution in [2.24, 2.45) is 11.3 Å². The molecule has 1 fully saturated rings. The lowest BCUT2D eigenvalue weighted by molar-refractivity contribution is -0.150. The number of benzene rings is 2. The molecule has 0 spiro atoms. The smallest absolute Gasteiger partial charge is 0.265 e. The lowest BCUT2D eigenvalue weighted by atomic mass is 9.80. The van der Waals surface area contributed by atoms with Crippen LogP contribution in [0, 0.1) is 5.41 Å². The second kappa shape index (κ2) is 8.45. The van der Waals surface area contributed by atoms with Crippen LogP contribution >= 0.6 is 0 Å². The lowest BCUT2D eigenvalue weighted by Crippen LogP contribution is -2.47. The number of nitrogen functional groups attached to an aromatic ring is 1. The molecule has 7 nitrogen and oxygen atoms in total. The monoisotopic (exact) mass is 409 g/mol. The van der Waals surface area contributed by atoms with Crippen LogP contribution in [0.1, 0.15) is 47.3 Å². The Bertz CT molecular complexity index is 925. The van der Waals surface area contributed by atoms with Gasteiger partial charge in [0.05, 0.1) is 18.0 Å². The molecule has 2 heterocycles. The SMILES string of the molecule is CC1(C(=O)N2Cc3ccc(C(=O)NN)cc3OCC2c2ccccc2)CCOCC1. The van der Waals surface area contributed by atoms with Gasteiger partial charge in [-0.25, -0.2) is 5.84 Å². The molecule has 3 N–H and O–H groups in total. The largest absolute Gasteiger partial charge is 0.491 e. The highest BCUT2D eigenvalue weighted by Crippen LogP contribution is 2.39. The number of carbonyl (C=O) groups excluding carboxylic acids is 2. The van der Waals surface area contributed by atoms with Crippen molar-refractivity contribution in [1.29, 1.82) is 0 Å². The Morgan fingerprint density at radius 1 is 1.13 bits per heavy atom. The van der Waals surface area contributed by atoms with E-state index in [0.29, 0.717) is 50.5 Å². The van der Waals surface area contributed by atoms with Gasteiger partial charge in [-0.05, 0) is 30.5 Å². The summed E-state index contributed by atoms with van der Waals surface area (Å²) < 4.78 is 11.6. The number of nitrogens with one attached hydrogen (secondary N) is 1. The van der Waals surface area contributed by atoms with Gasteiger partial charge in [0.15, 0.2) is 0 Å². The van der Waals surface area contributed by atoms with Gasteiger partial charge in [0, 0.05) is 24.3 Å². The zero-order valence-electron chi connectivity index (χ0n) is 17.1. The minimum atomic E-state index is -0.463. The van der Waals surface area contributed by atoms with Gasteiger partial charge in [-0.15, -0.1) is 0 Å². The maximum absolute atomic E-state index is 13.8. The molecule has 4 rings (SSSR count).